The van der Waals surface area contributed by atoms with Gasteiger partial charge in [-0.3, -0.25) is 4.90 Å². The summed E-state index contributed by atoms with van der Waals surface area (Å²) in [5.74, 6) is 0.899. The molecule has 116 valence electrons. The van der Waals surface area contributed by atoms with Crippen molar-refractivity contribution < 1.29 is 0 Å². The van der Waals surface area contributed by atoms with Gasteiger partial charge in [0.2, 0.25) is 0 Å². The first-order valence-electron chi connectivity index (χ1n) is 8.14. The maximum absolute atomic E-state index is 4.68. The Morgan fingerprint density at radius 2 is 1.67 bits per heavy atom. The summed E-state index contributed by atoms with van der Waals surface area (Å²) >= 11 is 0. The average molecular weight is 288 g/mol. The summed E-state index contributed by atoms with van der Waals surface area (Å²) in [6.45, 7) is 10.2. The van der Waals surface area contributed by atoms with E-state index in [-0.39, 0.29) is 0 Å². The molecule has 1 saturated heterocycles. The van der Waals surface area contributed by atoms with Gasteiger partial charge in [0.05, 0.1) is 6.54 Å². The van der Waals surface area contributed by atoms with Crippen molar-refractivity contribution in [2.45, 2.75) is 39.8 Å². The lowest BCUT2D eigenvalue weighted by atomic mass is 10.1. The van der Waals surface area contributed by atoms with Gasteiger partial charge in [0.15, 0.2) is 5.96 Å². The van der Waals surface area contributed by atoms with Crippen LogP contribution in [0.4, 0.5) is 0 Å². The molecule has 0 amide bonds. The third kappa shape index (κ3) is 5.05. The van der Waals surface area contributed by atoms with Gasteiger partial charge in [-0.2, -0.15) is 0 Å². The lowest BCUT2D eigenvalue weighted by Crippen LogP contribution is -2.37. The Labute approximate surface area is 128 Å². The van der Waals surface area contributed by atoms with Crippen LogP contribution >= 0.6 is 0 Å². The minimum Gasteiger partial charge on any atom is -0.357 e. The van der Waals surface area contributed by atoms with Gasteiger partial charge in [-0.05, 0) is 50.9 Å². The molecule has 2 N–H and O–H groups in total. The van der Waals surface area contributed by atoms with Gasteiger partial charge in [0.25, 0.3) is 0 Å². The molecule has 4 heteroatoms. The van der Waals surface area contributed by atoms with Gasteiger partial charge in [0, 0.05) is 19.6 Å². The van der Waals surface area contributed by atoms with E-state index in [1.54, 1.807) is 0 Å². The summed E-state index contributed by atoms with van der Waals surface area (Å²) < 4.78 is 0. The van der Waals surface area contributed by atoms with E-state index >= 15 is 0 Å². The van der Waals surface area contributed by atoms with Crippen molar-refractivity contribution in [3.8, 4) is 0 Å². The number of hydrogen-bond donors (Lipinski definition) is 2. The highest BCUT2D eigenvalue weighted by atomic mass is 15.2. The van der Waals surface area contributed by atoms with Crippen LogP contribution < -0.4 is 10.6 Å². The van der Waals surface area contributed by atoms with E-state index in [0.717, 1.165) is 32.1 Å². The average Bonchev–Trinajstić information content (AvgIpc) is 2.99. The Morgan fingerprint density at radius 3 is 2.29 bits per heavy atom. The number of rotatable bonds is 6. The minimum absolute atomic E-state index is 0.735. The first kappa shape index (κ1) is 15.8. The molecular formula is C17H28N4. The quantitative estimate of drug-likeness (QED) is 0.623. The largest absolute Gasteiger partial charge is 0.357 e. The standard InChI is InChI=1S/C17H28N4/c1-3-18-17(19-4-2)20-13-15-9-5-6-10-16(15)14-21-11-7-8-12-21/h5-6,9-10H,3-4,7-8,11-14H2,1-2H3,(H2,18,19,20). The second-order valence-corrected chi connectivity index (χ2v) is 5.48. The smallest absolute Gasteiger partial charge is 0.191 e. The maximum atomic E-state index is 4.68. The summed E-state index contributed by atoms with van der Waals surface area (Å²) in [4.78, 5) is 7.22. The summed E-state index contributed by atoms with van der Waals surface area (Å²) in [6.07, 6.45) is 2.68. The summed E-state index contributed by atoms with van der Waals surface area (Å²) in [6, 6.07) is 8.68. The van der Waals surface area contributed by atoms with Crippen LogP contribution in [0.25, 0.3) is 0 Å². The van der Waals surface area contributed by atoms with Gasteiger partial charge in [0.1, 0.15) is 0 Å². The topological polar surface area (TPSA) is 39.7 Å². The number of benzene rings is 1. The van der Waals surface area contributed by atoms with Crippen LogP contribution in [-0.4, -0.2) is 37.0 Å². The van der Waals surface area contributed by atoms with Crippen molar-refractivity contribution in [2.75, 3.05) is 26.2 Å². The van der Waals surface area contributed by atoms with Crippen LogP contribution in [0.2, 0.25) is 0 Å². The molecule has 0 aliphatic carbocycles. The molecule has 0 atom stereocenters. The molecule has 0 aromatic heterocycles. The Bertz CT molecular complexity index is 442. The molecule has 1 aliphatic rings. The predicted molar refractivity (Wildman–Crippen MR) is 89.4 cm³/mol. The number of likely N-dealkylation sites (tertiary alicyclic amines) is 1. The fourth-order valence-electron chi connectivity index (χ4n) is 2.72. The van der Waals surface area contributed by atoms with Crippen molar-refractivity contribution >= 4 is 5.96 Å². The fourth-order valence-corrected chi connectivity index (χ4v) is 2.72. The second-order valence-electron chi connectivity index (χ2n) is 5.48. The third-order valence-electron chi connectivity index (χ3n) is 3.81. The highest BCUT2D eigenvalue weighted by molar-refractivity contribution is 5.79. The van der Waals surface area contributed by atoms with E-state index in [4.69, 9.17) is 0 Å². The van der Waals surface area contributed by atoms with Crippen LogP contribution in [0.5, 0.6) is 0 Å². The van der Waals surface area contributed by atoms with Crippen LogP contribution in [0.15, 0.2) is 29.3 Å². The molecule has 1 aromatic carbocycles. The summed E-state index contributed by atoms with van der Waals surface area (Å²) in [5, 5.41) is 6.55. The molecule has 2 rings (SSSR count). The highest BCUT2D eigenvalue weighted by Gasteiger charge is 2.13. The van der Waals surface area contributed by atoms with Gasteiger partial charge in [-0.15, -0.1) is 0 Å². The molecule has 0 saturated carbocycles. The Hall–Kier alpha value is -1.55. The van der Waals surface area contributed by atoms with E-state index < -0.39 is 0 Å². The molecule has 1 fully saturated rings. The molecule has 1 heterocycles. The van der Waals surface area contributed by atoms with E-state index in [1.165, 1.54) is 37.1 Å². The molecule has 0 radical (unpaired) electrons. The molecule has 0 unspecified atom stereocenters. The molecule has 1 aliphatic heterocycles. The third-order valence-corrected chi connectivity index (χ3v) is 3.81. The lowest BCUT2D eigenvalue weighted by Gasteiger charge is -2.17. The maximum Gasteiger partial charge on any atom is 0.191 e. The lowest BCUT2D eigenvalue weighted by molar-refractivity contribution is 0.330. The number of guanidine groups is 1. The van der Waals surface area contributed by atoms with Crippen LogP contribution in [0.1, 0.15) is 37.8 Å². The van der Waals surface area contributed by atoms with Crippen molar-refractivity contribution in [3.05, 3.63) is 35.4 Å². The van der Waals surface area contributed by atoms with Crippen LogP contribution in [0, 0.1) is 0 Å². The second kappa shape index (κ2) is 8.67. The van der Waals surface area contributed by atoms with E-state index in [2.05, 4.69) is 58.6 Å². The predicted octanol–water partition coefficient (Wildman–Crippen LogP) is 2.36. The number of nitrogens with one attached hydrogen (secondary N) is 2. The van der Waals surface area contributed by atoms with E-state index in [9.17, 15) is 0 Å². The monoisotopic (exact) mass is 288 g/mol. The van der Waals surface area contributed by atoms with Gasteiger partial charge < -0.3 is 10.6 Å². The zero-order valence-electron chi connectivity index (χ0n) is 13.4. The first-order valence-corrected chi connectivity index (χ1v) is 8.14. The Morgan fingerprint density at radius 1 is 1.05 bits per heavy atom. The van der Waals surface area contributed by atoms with E-state index in [0.29, 0.717) is 0 Å². The molecular weight excluding hydrogens is 260 g/mol. The zero-order valence-corrected chi connectivity index (χ0v) is 13.4. The SMILES string of the molecule is CCNC(=NCc1ccccc1CN1CCCC1)NCC. The molecule has 0 bridgehead atoms. The molecule has 0 spiro atoms. The zero-order chi connectivity index (χ0) is 14.9. The minimum atomic E-state index is 0.735. The first-order chi connectivity index (χ1) is 10.3. The number of nitrogens with zero attached hydrogens (tertiary/aromatic N) is 2. The van der Waals surface area contributed by atoms with Crippen molar-refractivity contribution in [2.24, 2.45) is 4.99 Å². The normalized spacial score (nSPS) is 15.0. The molecule has 1 aromatic rings. The van der Waals surface area contributed by atoms with E-state index in [1.807, 2.05) is 0 Å². The van der Waals surface area contributed by atoms with Crippen LogP contribution in [0.3, 0.4) is 0 Å². The number of aliphatic imine (C=N–C) groups is 1. The summed E-state index contributed by atoms with van der Waals surface area (Å²) in [5.41, 5.74) is 2.74. The highest BCUT2D eigenvalue weighted by Crippen LogP contribution is 2.16. The van der Waals surface area contributed by atoms with Gasteiger partial charge in [-0.1, -0.05) is 24.3 Å². The van der Waals surface area contributed by atoms with Gasteiger partial charge in [-0.25, -0.2) is 4.99 Å². The summed E-state index contributed by atoms with van der Waals surface area (Å²) in [7, 11) is 0. The van der Waals surface area contributed by atoms with Crippen LogP contribution in [-0.2, 0) is 13.1 Å². The molecule has 21 heavy (non-hydrogen) atoms. The fraction of sp³-hybridized carbons (Fsp3) is 0.588. The number of hydrogen-bond acceptors (Lipinski definition) is 2. The van der Waals surface area contributed by atoms with Crippen molar-refractivity contribution in [1.82, 2.24) is 15.5 Å². The molecule has 4 nitrogen and oxygen atoms in total. The Balaban J connectivity index is 2.02. The van der Waals surface area contributed by atoms with Gasteiger partial charge >= 0.3 is 0 Å². The van der Waals surface area contributed by atoms with Crippen molar-refractivity contribution in [1.29, 1.82) is 0 Å². The van der Waals surface area contributed by atoms with Crippen molar-refractivity contribution in [3.63, 3.8) is 0 Å². The Kier molecular flexibility index (Phi) is 6.54.